The summed E-state index contributed by atoms with van der Waals surface area (Å²) in [5.74, 6) is -1.23. The Bertz CT molecular complexity index is 804. The summed E-state index contributed by atoms with van der Waals surface area (Å²) in [4.78, 5) is 24.9. The lowest BCUT2D eigenvalue weighted by molar-refractivity contribution is -0.139. The first kappa shape index (κ1) is 17.0. The molecule has 0 fully saturated rings. The van der Waals surface area contributed by atoms with E-state index >= 15 is 0 Å². The second-order valence-electron chi connectivity index (χ2n) is 6.01. The van der Waals surface area contributed by atoms with Crippen molar-refractivity contribution in [3.63, 3.8) is 0 Å². The van der Waals surface area contributed by atoms with E-state index in [-0.39, 0.29) is 17.6 Å². The molecule has 6 heteroatoms. The number of carbonyl (C=O) groups is 2. The predicted molar refractivity (Wildman–Crippen MR) is 90.4 cm³/mol. The Hall–Kier alpha value is -2.89. The Labute approximate surface area is 144 Å². The monoisotopic (exact) mass is 343 g/mol. The second kappa shape index (κ2) is 6.93. The van der Waals surface area contributed by atoms with E-state index < -0.39 is 12.6 Å². The van der Waals surface area contributed by atoms with Crippen LogP contribution < -0.4 is 9.64 Å². The lowest BCUT2D eigenvalue weighted by Crippen LogP contribution is -2.30. The molecule has 1 N–H and O–H groups in total. The summed E-state index contributed by atoms with van der Waals surface area (Å²) in [7, 11) is 1.69. The number of hydrogen-bond donors (Lipinski definition) is 1. The van der Waals surface area contributed by atoms with E-state index in [1.165, 1.54) is 12.1 Å². The van der Waals surface area contributed by atoms with Crippen LogP contribution in [0.25, 0.3) is 0 Å². The summed E-state index contributed by atoms with van der Waals surface area (Å²) < 4.78 is 18.4. The van der Waals surface area contributed by atoms with Gasteiger partial charge >= 0.3 is 5.97 Å². The van der Waals surface area contributed by atoms with Gasteiger partial charge in [-0.05, 0) is 60.4 Å². The van der Waals surface area contributed by atoms with Crippen LogP contribution in [0.4, 0.5) is 10.1 Å². The van der Waals surface area contributed by atoms with Crippen LogP contribution in [0.5, 0.6) is 5.75 Å². The number of carboxylic acids is 1. The van der Waals surface area contributed by atoms with Crippen molar-refractivity contribution in [3.8, 4) is 5.75 Å². The first-order chi connectivity index (χ1) is 12.0. The molecule has 0 saturated heterocycles. The van der Waals surface area contributed by atoms with Gasteiger partial charge in [0.2, 0.25) is 5.91 Å². The van der Waals surface area contributed by atoms with Crippen molar-refractivity contribution in [1.29, 1.82) is 0 Å². The third-order valence-corrected chi connectivity index (χ3v) is 4.40. The van der Waals surface area contributed by atoms with E-state index in [2.05, 4.69) is 0 Å². The highest BCUT2D eigenvalue weighted by atomic mass is 19.1. The SMILES string of the molecule is CN(C(=O)C1CCc2cc(F)ccc21)c1ccc(OCC(=O)O)cc1. The van der Waals surface area contributed by atoms with E-state index in [4.69, 9.17) is 9.84 Å². The van der Waals surface area contributed by atoms with Crippen molar-refractivity contribution in [2.24, 2.45) is 0 Å². The molecule has 0 spiro atoms. The Morgan fingerprint density at radius 3 is 2.64 bits per heavy atom. The first-order valence-corrected chi connectivity index (χ1v) is 7.96. The molecule has 3 rings (SSSR count). The average molecular weight is 343 g/mol. The van der Waals surface area contributed by atoms with E-state index in [0.717, 1.165) is 11.1 Å². The summed E-state index contributed by atoms with van der Waals surface area (Å²) in [6.45, 7) is -0.413. The maximum absolute atomic E-state index is 13.3. The molecule has 5 nitrogen and oxygen atoms in total. The third-order valence-electron chi connectivity index (χ3n) is 4.40. The molecule has 0 heterocycles. The number of amides is 1. The molecule has 1 unspecified atom stereocenters. The summed E-state index contributed by atoms with van der Waals surface area (Å²) in [6, 6.07) is 11.2. The molecule has 1 atom stereocenters. The Morgan fingerprint density at radius 1 is 1.24 bits per heavy atom. The minimum absolute atomic E-state index is 0.0513. The molecular formula is C19H18FNO4. The van der Waals surface area contributed by atoms with Gasteiger partial charge in [0.05, 0.1) is 5.92 Å². The summed E-state index contributed by atoms with van der Waals surface area (Å²) in [5, 5.41) is 8.61. The molecule has 1 aliphatic rings. The van der Waals surface area contributed by atoms with E-state index in [1.807, 2.05) is 0 Å². The fraction of sp³-hybridized carbons (Fsp3) is 0.263. The van der Waals surface area contributed by atoms with Crippen LogP contribution >= 0.6 is 0 Å². The Morgan fingerprint density at radius 2 is 1.96 bits per heavy atom. The van der Waals surface area contributed by atoms with Crippen molar-refractivity contribution in [3.05, 3.63) is 59.4 Å². The van der Waals surface area contributed by atoms with Crippen molar-refractivity contribution in [2.45, 2.75) is 18.8 Å². The standard InChI is InChI=1S/C19H18FNO4/c1-21(14-4-6-15(7-5-14)25-11-18(22)23)19(24)17-8-2-12-10-13(20)3-9-16(12)17/h3-7,9-10,17H,2,8,11H2,1H3,(H,22,23). The second-order valence-corrected chi connectivity index (χ2v) is 6.01. The van der Waals surface area contributed by atoms with Crippen LogP contribution in [0.15, 0.2) is 42.5 Å². The van der Waals surface area contributed by atoms with Gasteiger partial charge in [-0.25, -0.2) is 9.18 Å². The number of carboxylic acid groups (broad SMARTS) is 1. The van der Waals surface area contributed by atoms with Gasteiger partial charge in [-0.1, -0.05) is 6.07 Å². The molecule has 2 aromatic carbocycles. The highest BCUT2D eigenvalue weighted by Gasteiger charge is 2.31. The van der Waals surface area contributed by atoms with Crippen molar-refractivity contribution < 1.29 is 23.8 Å². The van der Waals surface area contributed by atoms with Crippen LogP contribution in [-0.4, -0.2) is 30.6 Å². The number of ether oxygens (including phenoxy) is 1. The highest BCUT2D eigenvalue weighted by Crippen LogP contribution is 2.35. The smallest absolute Gasteiger partial charge is 0.341 e. The van der Waals surface area contributed by atoms with Gasteiger partial charge in [-0.3, -0.25) is 4.79 Å². The van der Waals surface area contributed by atoms with Gasteiger partial charge in [0.15, 0.2) is 6.61 Å². The molecule has 1 aliphatic carbocycles. The molecular weight excluding hydrogens is 325 g/mol. The number of anilines is 1. The van der Waals surface area contributed by atoms with Crippen LogP contribution in [-0.2, 0) is 16.0 Å². The molecule has 0 bridgehead atoms. The number of nitrogens with zero attached hydrogens (tertiary/aromatic N) is 1. The molecule has 2 aromatic rings. The maximum Gasteiger partial charge on any atom is 0.341 e. The topological polar surface area (TPSA) is 66.8 Å². The van der Waals surface area contributed by atoms with E-state index in [1.54, 1.807) is 42.3 Å². The molecule has 130 valence electrons. The fourth-order valence-corrected chi connectivity index (χ4v) is 3.11. The molecule has 1 amide bonds. The number of rotatable bonds is 5. The maximum atomic E-state index is 13.3. The van der Waals surface area contributed by atoms with Gasteiger partial charge in [0.1, 0.15) is 11.6 Å². The van der Waals surface area contributed by atoms with Crippen molar-refractivity contribution in [2.75, 3.05) is 18.6 Å². The summed E-state index contributed by atoms with van der Waals surface area (Å²) in [5.41, 5.74) is 2.46. The highest BCUT2D eigenvalue weighted by molar-refractivity contribution is 5.98. The van der Waals surface area contributed by atoms with Gasteiger partial charge in [0, 0.05) is 12.7 Å². The number of likely N-dealkylation sites (N-methyl/N-ethyl adjacent to an activating group) is 1. The van der Waals surface area contributed by atoms with Gasteiger partial charge in [-0.2, -0.15) is 0 Å². The fourth-order valence-electron chi connectivity index (χ4n) is 3.11. The number of aliphatic carboxylic acids is 1. The zero-order valence-electron chi connectivity index (χ0n) is 13.7. The minimum atomic E-state index is -1.05. The lowest BCUT2D eigenvalue weighted by atomic mass is 9.99. The number of aryl methyl sites for hydroxylation is 1. The van der Waals surface area contributed by atoms with Crippen LogP contribution in [0, 0.1) is 5.82 Å². The van der Waals surface area contributed by atoms with Crippen molar-refractivity contribution in [1.82, 2.24) is 0 Å². The number of fused-ring (bicyclic) bond motifs is 1. The normalized spacial score (nSPS) is 15.5. The average Bonchev–Trinajstić information content (AvgIpc) is 3.02. The molecule has 0 aliphatic heterocycles. The Balaban J connectivity index is 1.72. The van der Waals surface area contributed by atoms with Crippen LogP contribution in [0.1, 0.15) is 23.5 Å². The Kier molecular flexibility index (Phi) is 4.70. The zero-order valence-corrected chi connectivity index (χ0v) is 13.7. The number of halogens is 1. The zero-order chi connectivity index (χ0) is 18.0. The van der Waals surface area contributed by atoms with Gasteiger partial charge in [-0.15, -0.1) is 0 Å². The number of benzene rings is 2. The summed E-state index contributed by atoms with van der Waals surface area (Å²) >= 11 is 0. The van der Waals surface area contributed by atoms with Crippen LogP contribution in [0.2, 0.25) is 0 Å². The van der Waals surface area contributed by atoms with Crippen LogP contribution in [0.3, 0.4) is 0 Å². The molecule has 0 aromatic heterocycles. The number of hydrogen-bond acceptors (Lipinski definition) is 3. The largest absolute Gasteiger partial charge is 0.482 e. The van der Waals surface area contributed by atoms with Gasteiger partial charge < -0.3 is 14.7 Å². The van der Waals surface area contributed by atoms with E-state index in [9.17, 15) is 14.0 Å². The van der Waals surface area contributed by atoms with E-state index in [0.29, 0.717) is 24.3 Å². The summed E-state index contributed by atoms with van der Waals surface area (Å²) in [6.07, 6.45) is 1.36. The quantitative estimate of drug-likeness (QED) is 0.906. The molecule has 25 heavy (non-hydrogen) atoms. The van der Waals surface area contributed by atoms with Gasteiger partial charge in [0.25, 0.3) is 0 Å². The number of carbonyl (C=O) groups excluding carboxylic acids is 1. The first-order valence-electron chi connectivity index (χ1n) is 7.96. The minimum Gasteiger partial charge on any atom is -0.482 e. The molecule has 0 saturated carbocycles. The predicted octanol–water partition coefficient (Wildman–Crippen LogP) is 2.98. The van der Waals surface area contributed by atoms with Crippen molar-refractivity contribution >= 4 is 17.6 Å². The molecule has 0 radical (unpaired) electrons. The third kappa shape index (κ3) is 3.63. The lowest BCUT2D eigenvalue weighted by Gasteiger charge is -2.22.